The van der Waals surface area contributed by atoms with Crippen LogP contribution in [0.2, 0.25) is 0 Å². The van der Waals surface area contributed by atoms with Crippen LogP contribution in [-0.2, 0) is 10.2 Å². The van der Waals surface area contributed by atoms with E-state index in [9.17, 15) is 0 Å². The smallest absolute Gasteiger partial charge is 0.0589 e. The monoisotopic (exact) mass is 218 g/mol. The molecule has 0 aromatic carbocycles. The van der Waals surface area contributed by atoms with Crippen LogP contribution in [0.15, 0.2) is 24.5 Å². The first-order valence-electron chi connectivity index (χ1n) is 6.11. The van der Waals surface area contributed by atoms with E-state index in [0.29, 0.717) is 5.92 Å². The molecule has 1 aromatic rings. The van der Waals surface area contributed by atoms with Gasteiger partial charge >= 0.3 is 0 Å². The third-order valence-corrected chi connectivity index (χ3v) is 4.03. The number of hydrogen-bond acceptors (Lipinski definition) is 3. The molecule has 0 aliphatic carbocycles. The maximum atomic E-state index is 5.49. The molecule has 86 valence electrons. The Morgan fingerprint density at radius 2 is 2.38 bits per heavy atom. The largest absolute Gasteiger partial charge is 0.379 e. The summed E-state index contributed by atoms with van der Waals surface area (Å²) in [6, 6.07) is 4.23. The highest BCUT2D eigenvalue weighted by Gasteiger charge is 2.47. The van der Waals surface area contributed by atoms with Crippen LogP contribution in [0.25, 0.3) is 0 Å². The first-order chi connectivity index (χ1) is 7.92. The van der Waals surface area contributed by atoms with Crippen molar-refractivity contribution in [1.29, 1.82) is 0 Å². The fourth-order valence-corrected chi connectivity index (χ4v) is 2.94. The number of hydrogen-bond donors (Lipinski definition) is 1. The first kappa shape index (κ1) is 10.2. The number of nitrogens with zero attached hydrogens (tertiary/aromatic N) is 1. The molecule has 1 unspecified atom stereocenters. The van der Waals surface area contributed by atoms with Crippen LogP contribution in [-0.4, -0.2) is 31.3 Å². The van der Waals surface area contributed by atoms with E-state index in [1.807, 2.05) is 18.5 Å². The Hall–Kier alpha value is -0.930. The Morgan fingerprint density at radius 1 is 1.44 bits per heavy atom. The highest BCUT2D eigenvalue weighted by atomic mass is 16.5. The third kappa shape index (κ3) is 1.55. The zero-order valence-corrected chi connectivity index (χ0v) is 9.48. The average molecular weight is 218 g/mol. The van der Waals surface area contributed by atoms with Gasteiger partial charge in [-0.05, 0) is 43.5 Å². The quantitative estimate of drug-likeness (QED) is 0.813. The van der Waals surface area contributed by atoms with Crippen molar-refractivity contribution in [3.05, 3.63) is 30.1 Å². The normalized spacial score (nSPS) is 28.4. The highest BCUT2D eigenvalue weighted by molar-refractivity contribution is 5.26. The predicted molar refractivity (Wildman–Crippen MR) is 62.3 cm³/mol. The van der Waals surface area contributed by atoms with Crippen molar-refractivity contribution in [3.8, 4) is 0 Å². The van der Waals surface area contributed by atoms with Crippen molar-refractivity contribution in [1.82, 2.24) is 10.3 Å². The van der Waals surface area contributed by atoms with Gasteiger partial charge in [0.2, 0.25) is 0 Å². The number of aromatic nitrogens is 1. The minimum absolute atomic E-state index is 0.238. The van der Waals surface area contributed by atoms with Gasteiger partial charge in [0, 0.05) is 17.8 Å². The fourth-order valence-electron chi connectivity index (χ4n) is 2.94. The zero-order chi connectivity index (χ0) is 10.8. The van der Waals surface area contributed by atoms with E-state index in [-0.39, 0.29) is 5.41 Å². The molecule has 16 heavy (non-hydrogen) atoms. The molecule has 2 aliphatic heterocycles. The molecule has 2 fully saturated rings. The van der Waals surface area contributed by atoms with E-state index < -0.39 is 0 Å². The van der Waals surface area contributed by atoms with Crippen LogP contribution >= 0.6 is 0 Å². The molecular formula is C13H18N2O. The molecule has 3 rings (SSSR count). The van der Waals surface area contributed by atoms with E-state index in [1.54, 1.807) is 0 Å². The summed E-state index contributed by atoms with van der Waals surface area (Å²) in [5.74, 6) is 0.708. The summed E-state index contributed by atoms with van der Waals surface area (Å²) in [7, 11) is 0. The minimum Gasteiger partial charge on any atom is -0.379 e. The van der Waals surface area contributed by atoms with Gasteiger partial charge in [-0.25, -0.2) is 0 Å². The second-order valence-electron chi connectivity index (χ2n) is 4.93. The summed E-state index contributed by atoms with van der Waals surface area (Å²) in [6.45, 7) is 4.02. The number of pyridine rings is 1. The van der Waals surface area contributed by atoms with E-state index in [1.165, 1.54) is 24.9 Å². The number of rotatable bonds is 2. The molecule has 2 aliphatic rings. The molecule has 0 spiro atoms. The van der Waals surface area contributed by atoms with Gasteiger partial charge in [-0.3, -0.25) is 4.98 Å². The SMILES string of the molecule is c1cncc(C2(C3CCCNC3)COC2)c1. The molecule has 3 nitrogen and oxygen atoms in total. The molecule has 0 saturated carbocycles. The molecule has 3 heterocycles. The lowest BCUT2D eigenvalue weighted by atomic mass is 9.66. The minimum atomic E-state index is 0.238. The van der Waals surface area contributed by atoms with Crippen LogP contribution in [0, 0.1) is 5.92 Å². The topological polar surface area (TPSA) is 34.2 Å². The first-order valence-corrected chi connectivity index (χ1v) is 6.11. The molecule has 1 N–H and O–H groups in total. The lowest BCUT2D eigenvalue weighted by molar-refractivity contribution is -0.0949. The van der Waals surface area contributed by atoms with Crippen LogP contribution in [0.4, 0.5) is 0 Å². The third-order valence-electron chi connectivity index (χ3n) is 4.03. The summed E-state index contributed by atoms with van der Waals surface area (Å²) in [4.78, 5) is 4.25. The molecular weight excluding hydrogens is 200 g/mol. The van der Waals surface area contributed by atoms with E-state index in [4.69, 9.17) is 4.74 Å². The lowest BCUT2D eigenvalue weighted by Crippen LogP contribution is -2.56. The Bertz CT molecular complexity index is 342. The summed E-state index contributed by atoms with van der Waals surface area (Å²) in [5.41, 5.74) is 1.59. The van der Waals surface area contributed by atoms with Gasteiger partial charge in [0.25, 0.3) is 0 Å². The Kier molecular flexibility index (Phi) is 2.65. The standard InChI is InChI=1S/C13H18N2O/c1-3-11(7-14-5-1)13(9-16-10-13)12-4-2-6-15-8-12/h1,3,5,7,12,15H,2,4,6,8-10H2. The van der Waals surface area contributed by atoms with Gasteiger partial charge < -0.3 is 10.1 Å². The van der Waals surface area contributed by atoms with Crippen molar-refractivity contribution >= 4 is 0 Å². The van der Waals surface area contributed by atoms with Gasteiger partial charge in [0.1, 0.15) is 0 Å². The summed E-state index contributed by atoms with van der Waals surface area (Å²) in [5, 5.41) is 3.50. The Morgan fingerprint density at radius 3 is 2.94 bits per heavy atom. The van der Waals surface area contributed by atoms with Crippen LogP contribution in [0.5, 0.6) is 0 Å². The molecule has 0 amide bonds. The molecule has 0 bridgehead atoms. The predicted octanol–water partition coefficient (Wildman–Crippen LogP) is 1.35. The molecule has 0 radical (unpaired) electrons. The second-order valence-corrected chi connectivity index (χ2v) is 4.93. The number of nitrogens with one attached hydrogen (secondary N) is 1. The van der Waals surface area contributed by atoms with Gasteiger partial charge in [-0.1, -0.05) is 6.07 Å². The fraction of sp³-hybridized carbons (Fsp3) is 0.615. The second kappa shape index (κ2) is 4.15. The van der Waals surface area contributed by atoms with Crippen molar-refractivity contribution in [3.63, 3.8) is 0 Å². The number of piperidine rings is 1. The van der Waals surface area contributed by atoms with Gasteiger partial charge in [-0.15, -0.1) is 0 Å². The van der Waals surface area contributed by atoms with Gasteiger partial charge in [0.05, 0.1) is 13.2 Å². The van der Waals surface area contributed by atoms with Crippen molar-refractivity contribution in [2.24, 2.45) is 5.92 Å². The Labute approximate surface area is 96.2 Å². The molecule has 3 heteroatoms. The highest BCUT2D eigenvalue weighted by Crippen LogP contribution is 2.41. The molecule has 1 aromatic heterocycles. The molecule has 1 atom stereocenters. The van der Waals surface area contributed by atoms with E-state index in [2.05, 4.69) is 16.4 Å². The van der Waals surface area contributed by atoms with Crippen LogP contribution in [0.1, 0.15) is 18.4 Å². The van der Waals surface area contributed by atoms with Crippen LogP contribution in [0.3, 0.4) is 0 Å². The van der Waals surface area contributed by atoms with Crippen LogP contribution < -0.4 is 5.32 Å². The van der Waals surface area contributed by atoms with Crippen molar-refractivity contribution in [2.45, 2.75) is 18.3 Å². The Balaban J connectivity index is 1.87. The van der Waals surface area contributed by atoms with E-state index >= 15 is 0 Å². The molecule has 2 saturated heterocycles. The van der Waals surface area contributed by atoms with Crippen molar-refractivity contribution < 1.29 is 4.74 Å². The summed E-state index contributed by atoms with van der Waals surface area (Å²) < 4.78 is 5.49. The van der Waals surface area contributed by atoms with E-state index in [0.717, 1.165) is 19.8 Å². The average Bonchev–Trinajstić information content (AvgIpc) is 2.31. The number of ether oxygens (including phenoxy) is 1. The maximum Gasteiger partial charge on any atom is 0.0589 e. The lowest BCUT2D eigenvalue weighted by Gasteiger charge is -2.49. The van der Waals surface area contributed by atoms with Gasteiger partial charge in [0.15, 0.2) is 0 Å². The maximum absolute atomic E-state index is 5.49. The van der Waals surface area contributed by atoms with Gasteiger partial charge in [-0.2, -0.15) is 0 Å². The summed E-state index contributed by atoms with van der Waals surface area (Å²) >= 11 is 0. The van der Waals surface area contributed by atoms with Crippen molar-refractivity contribution in [2.75, 3.05) is 26.3 Å². The summed E-state index contributed by atoms with van der Waals surface area (Å²) in [6.07, 6.45) is 6.45. The zero-order valence-electron chi connectivity index (χ0n) is 9.48.